The van der Waals surface area contributed by atoms with Crippen molar-refractivity contribution in [2.24, 2.45) is 4.99 Å². The zero-order chi connectivity index (χ0) is 19.5. The maximum atomic E-state index is 4.57. The second-order valence-corrected chi connectivity index (χ2v) is 6.97. The first kappa shape index (κ1) is 25.9. The lowest BCUT2D eigenvalue weighted by atomic mass is 10.2. The van der Waals surface area contributed by atoms with Gasteiger partial charge in [0.1, 0.15) is 5.82 Å². The van der Waals surface area contributed by atoms with Crippen LogP contribution in [0.3, 0.4) is 0 Å². The Labute approximate surface area is 183 Å². The molecule has 7 heteroatoms. The van der Waals surface area contributed by atoms with Crippen molar-refractivity contribution in [3.8, 4) is 0 Å². The predicted octanol–water partition coefficient (Wildman–Crippen LogP) is 3.33. The smallest absolute Gasteiger partial charge is 0.191 e. The van der Waals surface area contributed by atoms with Gasteiger partial charge in [-0.15, -0.1) is 24.0 Å². The Morgan fingerprint density at radius 2 is 1.70 bits per heavy atom. The van der Waals surface area contributed by atoms with E-state index < -0.39 is 0 Å². The summed E-state index contributed by atoms with van der Waals surface area (Å²) in [5.41, 5.74) is 1.15. The first-order valence-electron chi connectivity index (χ1n) is 9.82. The third kappa shape index (κ3) is 9.10. The van der Waals surface area contributed by atoms with Gasteiger partial charge in [0.25, 0.3) is 0 Å². The minimum absolute atomic E-state index is 0. The zero-order valence-electron chi connectivity index (χ0n) is 18.1. The van der Waals surface area contributed by atoms with Crippen molar-refractivity contribution in [3.05, 3.63) is 23.9 Å². The second kappa shape index (κ2) is 14.0. The number of guanidine groups is 1. The van der Waals surface area contributed by atoms with Crippen LogP contribution >= 0.6 is 24.0 Å². The number of hydrogen-bond acceptors (Lipinski definition) is 4. The van der Waals surface area contributed by atoms with Crippen molar-refractivity contribution in [2.45, 2.75) is 60.2 Å². The Kier molecular flexibility index (Phi) is 13.4. The van der Waals surface area contributed by atoms with E-state index in [-0.39, 0.29) is 24.0 Å². The lowest BCUT2D eigenvalue weighted by Crippen LogP contribution is -2.45. The van der Waals surface area contributed by atoms with Crippen molar-refractivity contribution < 1.29 is 0 Å². The molecule has 0 aliphatic carbocycles. The molecule has 0 unspecified atom stereocenters. The lowest BCUT2D eigenvalue weighted by molar-refractivity contribution is 0.178. The first-order chi connectivity index (χ1) is 12.4. The number of aromatic nitrogens is 1. The summed E-state index contributed by atoms with van der Waals surface area (Å²) in [5.74, 6) is 1.86. The number of rotatable bonds is 10. The summed E-state index contributed by atoms with van der Waals surface area (Å²) < 4.78 is 0. The van der Waals surface area contributed by atoms with Crippen LogP contribution in [0.15, 0.2) is 23.3 Å². The summed E-state index contributed by atoms with van der Waals surface area (Å²) >= 11 is 0. The fourth-order valence-corrected chi connectivity index (χ4v) is 3.08. The average molecular weight is 490 g/mol. The fraction of sp³-hybridized carbons (Fsp3) is 0.700. The molecule has 1 heterocycles. The van der Waals surface area contributed by atoms with Gasteiger partial charge in [-0.05, 0) is 53.2 Å². The van der Waals surface area contributed by atoms with Crippen LogP contribution in [0.5, 0.6) is 0 Å². The second-order valence-electron chi connectivity index (χ2n) is 6.97. The summed E-state index contributed by atoms with van der Waals surface area (Å²) in [6, 6.07) is 5.30. The maximum absolute atomic E-state index is 4.57. The molecule has 0 saturated carbocycles. The molecule has 1 aromatic rings. The molecule has 0 saturated heterocycles. The molecule has 0 spiro atoms. The minimum Gasteiger partial charge on any atom is -0.357 e. The van der Waals surface area contributed by atoms with E-state index in [1.807, 2.05) is 6.20 Å². The number of aliphatic imine (C=N–C) groups is 1. The molecule has 0 aliphatic rings. The largest absolute Gasteiger partial charge is 0.357 e. The van der Waals surface area contributed by atoms with E-state index in [0.717, 1.165) is 43.5 Å². The molecule has 0 atom stereocenters. The first-order valence-corrected chi connectivity index (χ1v) is 9.82. The van der Waals surface area contributed by atoms with Crippen molar-refractivity contribution in [1.82, 2.24) is 20.5 Å². The maximum Gasteiger partial charge on any atom is 0.191 e. The topological polar surface area (TPSA) is 55.8 Å². The average Bonchev–Trinajstić information content (AvgIpc) is 2.62. The van der Waals surface area contributed by atoms with Gasteiger partial charge in [0.15, 0.2) is 5.96 Å². The molecule has 1 rings (SSSR count). The summed E-state index contributed by atoms with van der Waals surface area (Å²) in [5, 5.41) is 6.76. The third-order valence-electron chi connectivity index (χ3n) is 4.57. The molecule has 0 bridgehead atoms. The van der Waals surface area contributed by atoms with E-state index in [0.29, 0.717) is 18.6 Å². The number of anilines is 1. The van der Waals surface area contributed by atoms with Crippen LogP contribution in [0.1, 0.15) is 47.1 Å². The van der Waals surface area contributed by atoms with Crippen molar-refractivity contribution in [2.75, 3.05) is 38.1 Å². The minimum atomic E-state index is 0. The highest BCUT2D eigenvalue weighted by atomic mass is 127. The Morgan fingerprint density at radius 1 is 1.07 bits per heavy atom. The Morgan fingerprint density at radius 3 is 2.15 bits per heavy atom. The van der Waals surface area contributed by atoms with E-state index >= 15 is 0 Å². The van der Waals surface area contributed by atoms with Crippen molar-refractivity contribution in [1.29, 1.82) is 0 Å². The molecule has 1 aromatic heterocycles. The molecule has 6 nitrogen and oxygen atoms in total. The molecule has 27 heavy (non-hydrogen) atoms. The third-order valence-corrected chi connectivity index (χ3v) is 4.57. The van der Waals surface area contributed by atoms with Gasteiger partial charge in [0.05, 0.1) is 0 Å². The molecule has 0 radical (unpaired) electrons. The number of pyridine rings is 1. The summed E-state index contributed by atoms with van der Waals surface area (Å²) in [6.07, 6.45) is 1.94. The van der Waals surface area contributed by atoms with Crippen LogP contribution in [-0.4, -0.2) is 61.2 Å². The molecular weight excluding hydrogens is 451 g/mol. The van der Waals surface area contributed by atoms with Gasteiger partial charge in [0.2, 0.25) is 0 Å². The number of hydrogen-bond donors (Lipinski definition) is 2. The van der Waals surface area contributed by atoms with Gasteiger partial charge < -0.3 is 15.5 Å². The Bertz CT molecular complexity index is 518. The normalized spacial score (nSPS) is 11.7. The molecular formula is C20H39IN6. The van der Waals surface area contributed by atoms with Crippen LogP contribution in [0.25, 0.3) is 0 Å². The summed E-state index contributed by atoms with van der Waals surface area (Å²) in [7, 11) is 1.81. The molecule has 0 aromatic carbocycles. The SMILES string of the molecule is CCN(CC)c1ccc(CNC(=NC)NCCN(C(C)C)C(C)C)cn1.I. The van der Waals surface area contributed by atoms with Gasteiger partial charge >= 0.3 is 0 Å². The van der Waals surface area contributed by atoms with Gasteiger partial charge in [-0.1, -0.05) is 6.07 Å². The van der Waals surface area contributed by atoms with E-state index in [2.05, 4.69) is 84.1 Å². The standard InChI is InChI=1S/C20H38N6.HI/c1-8-25(9-2)19-11-10-18(14-23-19)15-24-20(21-7)22-12-13-26(16(3)4)17(5)6;/h10-11,14,16-17H,8-9,12-13,15H2,1-7H3,(H2,21,22,24);1H. The van der Waals surface area contributed by atoms with Gasteiger partial charge in [-0.25, -0.2) is 4.98 Å². The van der Waals surface area contributed by atoms with E-state index in [1.165, 1.54) is 0 Å². The van der Waals surface area contributed by atoms with E-state index in [1.54, 1.807) is 7.05 Å². The number of halogens is 1. The van der Waals surface area contributed by atoms with E-state index in [9.17, 15) is 0 Å². The number of nitrogens with one attached hydrogen (secondary N) is 2. The van der Waals surface area contributed by atoms with Crippen LogP contribution < -0.4 is 15.5 Å². The quantitative estimate of drug-likeness (QED) is 0.300. The summed E-state index contributed by atoms with van der Waals surface area (Å²) in [4.78, 5) is 13.6. The highest BCUT2D eigenvalue weighted by Crippen LogP contribution is 2.10. The molecule has 0 amide bonds. The van der Waals surface area contributed by atoms with Crippen LogP contribution in [0, 0.1) is 0 Å². The fourth-order valence-electron chi connectivity index (χ4n) is 3.08. The summed E-state index contributed by atoms with van der Waals surface area (Å²) in [6.45, 7) is 17.8. The van der Waals surface area contributed by atoms with E-state index in [4.69, 9.17) is 0 Å². The van der Waals surface area contributed by atoms with Gasteiger partial charge in [-0.3, -0.25) is 9.89 Å². The molecule has 2 N–H and O–H groups in total. The Hall–Kier alpha value is -1.09. The van der Waals surface area contributed by atoms with Gasteiger partial charge in [0, 0.05) is 58.1 Å². The van der Waals surface area contributed by atoms with Crippen molar-refractivity contribution >= 4 is 35.8 Å². The van der Waals surface area contributed by atoms with Crippen molar-refractivity contribution in [3.63, 3.8) is 0 Å². The molecule has 156 valence electrons. The highest BCUT2D eigenvalue weighted by Gasteiger charge is 2.12. The number of nitrogens with zero attached hydrogens (tertiary/aromatic N) is 4. The Balaban J connectivity index is 0.00000676. The van der Waals surface area contributed by atoms with Crippen LogP contribution in [-0.2, 0) is 6.54 Å². The lowest BCUT2D eigenvalue weighted by Gasteiger charge is -2.30. The van der Waals surface area contributed by atoms with Crippen LogP contribution in [0.2, 0.25) is 0 Å². The predicted molar refractivity (Wildman–Crippen MR) is 128 cm³/mol. The zero-order valence-corrected chi connectivity index (χ0v) is 20.4. The van der Waals surface area contributed by atoms with Gasteiger partial charge in [-0.2, -0.15) is 0 Å². The monoisotopic (exact) mass is 490 g/mol. The molecule has 0 aliphatic heterocycles. The highest BCUT2D eigenvalue weighted by molar-refractivity contribution is 14.0. The van der Waals surface area contributed by atoms with Crippen LogP contribution in [0.4, 0.5) is 5.82 Å². The molecule has 0 fully saturated rings.